The van der Waals surface area contributed by atoms with Gasteiger partial charge in [-0.2, -0.15) is 0 Å². The molecule has 3 heteroatoms. The van der Waals surface area contributed by atoms with E-state index < -0.39 is 0 Å². The Morgan fingerprint density at radius 1 is 0.519 bits per heavy atom. The van der Waals surface area contributed by atoms with E-state index in [9.17, 15) is 5.21 Å². The van der Waals surface area contributed by atoms with E-state index in [0.29, 0.717) is 0 Å². The van der Waals surface area contributed by atoms with Gasteiger partial charge in [0, 0.05) is 14.1 Å². The first-order valence-electron chi connectivity index (χ1n) is 17.8. The van der Waals surface area contributed by atoms with Crippen molar-refractivity contribution in [1.29, 1.82) is 0 Å². The van der Waals surface area contributed by atoms with Crippen molar-refractivity contribution in [1.82, 2.24) is 0 Å². The van der Waals surface area contributed by atoms with Gasteiger partial charge in [-0.15, -0.1) is 0 Å². The number of allylic oxidation sites excluding steroid dienone is 1. The summed E-state index contributed by atoms with van der Waals surface area (Å²) in [5.74, 6) is 0. The second-order valence-electron chi connectivity index (χ2n) is 13.2. The fourth-order valence-electron chi connectivity index (χ4n) is 7.44. The Kier molecular flexibility index (Phi) is 9.10. The summed E-state index contributed by atoms with van der Waals surface area (Å²) in [6, 6.07) is 62.8. The lowest BCUT2D eigenvalue weighted by atomic mass is 9.85. The number of anilines is 2. The Balaban J connectivity index is 1.20. The molecular weight excluding hydrogens is 633 g/mol. The van der Waals surface area contributed by atoms with Crippen molar-refractivity contribution in [2.75, 3.05) is 24.5 Å². The summed E-state index contributed by atoms with van der Waals surface area (Å²) in [6.07, 6.45) is 3.19. The van der Waals surface area contributed by atoms with E-state index in [4.69, 9.17) is 0 Å². The molecule has 0 aromatic heterocycles. The van der Waals surface area contributed by atoms with Crippen molar-refractivity contribution < 1.29 is 5.21 Å². The zero-order valence-corrected chi connectivity index (χ0v) is 29.4. The van der Waals surface area contributed by atoms with Gasteiger partial charge in [0.1, 0.15) is 0 Å². The normalized spacial score (nSPS) is 11.6. The smallest absolute Gasteiger partial charge is 0.0868 e. The van der Waals surface area contributed by atoms with Crippen LogP contribution in [0, 0.1) is 0 Å². The summed E-state index contributed by atoms with van der Waals surface area (Å²) in [5.41, 5.74) is 13.5. The number of rotatable bonds is 9. The van der Waals surface area contributed by atoms with Crippen LogP contribution in [-0.4, -0.2) is 19.3 Å². The third kappa shape index (κ3) is 6.35. The Morgan fingerprint density at radius 2 is 0.981 bits per heavy atom. The molecule has 0 saturated heterocycles. The molecule has 0 aliphatic rings. The van der Waals surface area contributed by atoms with Crippen molar-refractivity contribution in [3.63, 3.8) is 0 Å². The van der Waals surface area contributed by atoms with Gasteiger partial charge in [0.2, 0.25) is 0 Å². The van der Waals surface area contributed by atoms with E-state index in [1.807, 2.05) is 13.1 Å². The highest BCUT2D eigenvalue weighted by Gasteiger charge is 2.18. The molecule has 8 rings (SSSR count). The minimum atomic E-state index is 0.722. The number of hydrogen-bond acceptors (Lipinski definition) is 3. The minimum Gasteiger partial charge on any atom is -0.386 e. The lowest BCUT2D eigenvalue weighted by Crippen LogP contribution is -2.12. The van der Waals surface area contributed by atoms with Crippen LogP contribution in [0.5, 0.6) is 0 Å². The highest BCUT2D eigenvalue weighted by Crippen LogP contribution is 2.45. The number of nitrogens with zero attached hydrogens (tertiary/aromatic N) is 1. The van der Waals surface area contributed by atoms with Crippen LogP contribution >= 0.6 is 0 Å². The van der Waals surface area contributed by atoms with Crippen LogP contribution in [0.25, 0.3) is 60.5 Å². The molecule has 252 valence electrons. The molecule has 0 bridgehead atoms. The van der Waals surface area contributed by atoms with Crippen LogP contribution in [0.15, 0.2) is 182 Å². The van der Waals surface area contributed by atoms with E-state index in [-0.39, 0.29) is 0 Å². The van der Waals surface area contributed by atoms with Gasteiger partial charge in [-0.05, 0) is 95.7 Å². The zero-order chi connectivity index (χ0) is 35.4. The molecule has 0 atom stereocenters. The molecule has 0 aliphatic carbocycles. The highest BCUT2D eigenvalue weighted by molar-refractivity contribution is 6.21. The summed E-state index contributed by atoms with van der Waals surface area (Å²) >= 11 is 0. The van der Waals surface area contributed by atoms with Crippen LogP contribution in [0.3, 0.4) is 0 Å². The number of hydroxylamine groups is 1. The molecule has 3 nitrogen and oxygen atoms in total. The third-order valence-corrected chi connectivity index (χ3v) is 10.0. The van der Waals surface area contributed by atoms with Gasteiger partial charge >= 0.3 is 0 Å². The Labute approximate surface area is 305 Å². The number of hydrogen-bond donors (Lipinski definition) is 2. The van der Waals surface area contributed by atoms with Gasteiger partial charge in [0.05, 0.1) is 11.4 Å². The minimum absolute atomic E-state index is 0.722. The van der Waals surface area contributed by atoms with Crippen molar-refractivity contribution in [2.45, 2.75) is 6.42 Å². The SMILES string of the molecule is CNc1ccc(-c2c3ccccc3c(-c3ccc(/C(=C/Cc4ccc(-c5ccccc5)cc4)c4ccccc4)cc3)c3ccccc23)cc1N(C)O. The molecule has 0 heterocycles. The molecule has 0 saturated carbocycles. The maximum Gasteiger partial charge on any atom is 0.0868 e. The predicted molar refractivity (Wildman–Crippen MR) is 221 cm³/mol. The summed E-state index contributed by atoms with van der Waals surface area (Å²) in [5, 5.41) is 19.6. The van der Waals surface area contributed by atoms with E-state index in [0.717, 1.165) is 28.9 Å². The zero-order valence-electron chi connectivity index (χ0n) is 29.4. The van der Waals surface area contributed by atoms with Gasteiger partial charge in [0.25, 0.3) is 0 Å². The standard InChI is InChI=1S/C49H40N2O/c1-50-46-32-30-40(33-47(46)51(2)52)49-44-19-11-9-17-42(44)48(43-18-10-12-20-45(43)49)39-28-26-38(27-29-39)41(37-15-7-4-8-16-37)31-23-34-21-24-36(25-22-34)35-13-5-3-6-14-35/h3-22,24-33,50,52H,23H2,1-2H3/b41-31+. The number of fused-ring (bicyclic) bond motifs is 2. The van der Waals surface area contributed by atoms with Gasteiger partial charge in [0.15, 0.2) is 0 Å². The maximum atomic E-state index is 10.5. The van der Waals surface area contributed by atoms with E-state index in [1.54, 1.807) is 7.05 Å². The molecular formula is C49H40N2O. The van der Waals surface area contributed by atoms with E-state index >= 15 is 0 Å². The molecule has 0 fully saturated rings. The van der Waals surface area contributed by atoms with Crippen molar-refractivity contribution >= 4 is 38.5 Å². The van der Waals surface area contributed by atoms with Crippen LogP contribution in [0.1, 0.15) is 16.7 Å². The van der Waals surface area contributed by atoms with Crippen molar-refractivity contribution in [3.8, 4) is 33.4 Å². The first kappa shape index (κ1) is 32.8. The molecule has 0 amide bonds. The van der Waals surface area contributed by atoms with Crippen LogP contribution < -0.4 is 10.4 Å². The molecule has 0 unspecified atom stereocenters. The fraction of sp³-hybridized carbons (Fsp3) is 0.0612. The number of nitrogens with one attached hydrogen (secondary N) is 1. The first-order valence-corrected chi connectivity index (χ1v) is 17.8. The molecule has 8 aromatic rings. The summed E-state index contributed by atoms with van der Waals surface area (Å²) in [4.78, 5) is 0. The van der Waals surface area contributed by atoms with E-state index in [1.165, 1.54) is 71.1 Å². The van der Waals surface area contributed by atoms with Crippen molar-refractivity contribution in [2.24, 2.45) is 0 Å². The second-order valence-corrected chi connectivity index (χ2v) is 13.2. The Hall–Kier alpha value is -6.42. The maximum absolute atomic E-state index is 10.5. The predicted octanol–water partition coefficient (Wildman–Crippen LogP) is 12.5. The summed E-state index contributed by atoms with van der Waals surface area (Å²) in [6.45, 7) is 0. The van der Waals surface area contributed by atoms with Gasteiger partial charge in [-0.3, -0.25) is 10.3 Å². The average Bonchev–Trinajstić information content (AvgIpc) is 3.21. The molecule has 52 heavy (non-hydrogen) atoms. The fourth-order valence-corrected chi connectivity index (χ4v) is 7.44. The lowest BCUT2D eigenvalue weighted by molar-refractivity contribution is 0.280. The molecule has 0 radical (unpaired) electrons. The lowest BCUT2D eigenvalue weighted by Gasteiger charge is -2.20. The first-order chi connectivity index (χ1) is 25.6. The Bertz CT molecular complexity index is 2460. The topological polar surface area (TPSA) is 35.5 Å². The van der Waals surface area contributed by atoms with E-state index in [2.05, 4.69) is 181 Å². The average molecular weight is 673 g/mol. The quantitative estimate of drug-likeness (QED) is 0.118. The van der Waals surface area contributed by atoms with Crippen molar-refractivity contribution in [3.05, 3.63) is 199 Å². The molecule has 0 spiro atoms. The van der Waals surface area contributed by atoms with Gasteiger partial charge in [-0.1, -0.05) is 170 Å². The third-order valence-electron chi connectivity index (χ3n) is 10.0. The Morgan fingerprint density at radius 3 is 1.54 bits per heavy atom. The second kappa shape index (κ2) is 14.4. The highest BCUT2D eigenvalue weighted by atomic mass is 16.5. The summed E-state index contributed by atoms with van der Waals surface area (Å²) in [7, 11) is 3.53. The monoisotopic (exact) mass is 672 g/mol. The number of benzene rings is 8. The van der Waals surface area contributed by atoms with Gasteiger partial charge < -0.3 is 5.32 Å². The van der Waals surface area contributed by atoms with Gasteiger partial charge in [-0.25, -0.2) is 0 Å². The van der Waals surface area contributed by atoms with Crippen LogP contribution in [0.2, 0.25) is 0 Å². The molecule has 2 N–H and O–H groups in total. The molecule has 8 aromatic carbocycles. The molecule has 0 aliphatic heterocycles. The van der Waals surface area contributed by atoms with Crippen LogP contribution in [-0.2, 0) is 6.42 Å². The van der Waals surface area contributed by atoms with Crippen LogP contribution in [0.4, 0.5) is 11.4 Å². The largest absolute Gasteiger partial charge is 0.386 e. The summed E-state index contributed by atoms with van der Waals surface area (Å²) < 4.78 is 0.